The molecule has 0 fully saturated rings. The van der Waals surface area contributed by atoms with Crippen molar-refractivity contribution in [3.63, 3.8) is 0 Å². The van der Waals surface area contributed by atoms with Crippen LogP contribution in [-0.4, -0.2) is 22.4 Å². The Bertz CT molecular complexity index is 528. The van der Waals surface area contributed by atoms with E-state index in [9.17, 15) is 31.1 Å². The van der Waals surface area contributed by atoms with Gasteiger partial charge in [-0.25, -0.2) is 9.78 Å². The summed E-state index contributed by atoms with van der Waals surface area (Å²) in [5.41, 5.74) is -3.59. The number of carbonyl (C=O) groups is 1. The molecular formula is C9H4ClF6NO3. The van der Waals surface area contributed by atoms with Crippen molar-refractivity contribution in [3.8, 4) is 5.88 Å². The van der Waals surface area contributed by atoms with Crippen LogP contribution in [-0.2, 0) is 12.1 Å². The van der Waals surface area contributed by atoms with Crippen LogP contribution in [0, 0.1) is 0 Å². The molecule has 1 aromatic heterocycles. The first-order chi connectivity index (χ1) is 8.95. The van der Waals surface area contributed by atoms with Crippen LogP contribution >= 0.6 is 11.6 Å². The summed E-state index contributed by atoms with van der Waals surface area (Å²) in [4.78, 5) is 13.6. The van der Waals surface area contributed by atoms with Gasteiger partial charge in [-0.05, 0) is 6.07 Å². The van der Waals surface area contributed by atoms with Gasteiger partial charge in [0.05, 0.1) is 17.1 Å². The van der Waals surface area contributed by atoms with Crippen molar-refractivity contribution in [1.29, 1.82) is 0 Å². The molecule has 0 aromatic carbocycles. The highest BCUT2D eigenvalue weighted by Crippen LogP contribution is 2.38. The summed E-state index contributed by atoms with van der Waals surface area (Å²) in [6.45, 7) is 0. The lowest BCUT2D eigenvalue weighted by Gasteiger charge is -2.16. The van der Waals surface area contributed by atoms with Crippen molar-refractivity contribution in [1.82, 2.24) is 4.98 Å². The lowest BCUT2D eigenvalue weighted by molar-refractivity contribution is -0.277. The largest absolute Gasteiger partial charge is 0.574 e. The number of rotatable bonds is 3. The highest BCUT2D eigenvalue weighted by Gasteiger charge is 2.41. The van der Waals surface area contributed by atoms with Gasteiger partial charge >= 0.3 is 18.5 Å². The number of aromatic nitrogens is 1. The van der Waals surface area contributed by atoms with E-state index in [1.165, 1.54) is 0 Å². The number of ether oxygens (including phenoxy) is 1. The minimum atomic E-state index is -5.42. The van der Waals surface area contributed by atoms with Crippen LogP contribution in [0.2, 0.25) is 0 Å². The van der Waals surface area contributed by atoms with Crippen LogP contribution in [0.4, 0.5) is 26.3 Å². The van der Waals surface area contributed by atoms with Crippen molar-refractivity contribution in [2.75, 3.05) is 0 Å². The molecule has 0 saturated heterocycles. The highest BCUT2D eigenvalue weighted by atomic mass is 35.5. The van der Waals surface area contributed by atoms with Gasteiger partial charge in [0, 0.05) is 0 Å². The number of alkyl halides is 7. The molecule has 0 aliphatic heterocycles. The Morgan fingerprint density at radius 3 is 2.20 bits per heavy atom. The van der Waals surface area contributed by atoms with E-state index < -0.39 is 47.1 Å². The summed E-state index contributed by atoms with van der Waals surface area (Å²) in [5, 5.41) is 8.68. The molecule has 0 bridgehead atoms. The van der Waals surface area contributed by atoms with Gasteiger partial charge < -0.3 is 9.84 Å². The second kappa shape index (κ2) is 5.35. The van der Waals surface area contributed by atoms with Crippen LogP contribution in [0.5, 0.6) is 5.88 Å². The third-order valence-corrected chi connectivity index (χ3v) is 2.19. The quantitative estimate of drug-likeness (QED) is 0.684. The van der Waals surface area contributed by atoms with E-state index in [4.69, 9.17) is 16.7 Å². The molecular weight excluding hydrogens is 320 g/mol. The molecule has 0 unspecified atom stereocenters. The summed E-state index contributed by atoms with van der Waals surface area (Å²) >= 11 is 5.24. The van der Waals surface area contributed by atoms with Crippen LogP contribution in [0.15, 0.2) is 6.07 Å². The molecule has 0 amide bonds. The maximum atomic E-state index is 12.6. The fourth-order valence-corrected chi connectivity index (χ4v) is 1.41. The first-order valence-corrected chi connectivity index (χ1v) is 5.15. The SMILES string of the molecule is O=C(O)c1cc(C(F)(F)F)c(OC(F)(F)F)nc1CCl. The Labute approximate surface area is 111 Å². The standard InChI is InChI=1S/C9H4ClF6NO3/c10-2-5-3(7(18)19)1-4(8(11,12)13)6(17-5)20-9(14,15)16/h1H,2H2,(H,18,19). The van der Waals surface area contributed by atoms with Gasteiger partial charge in [-0.1, -0.05) is 0 Å². The summed E-state index contributed by atoms with van der Waals surface area (Å²) < 4.78 is 77.0. The molecule has 20 heavy (non-hydrogen) atoms. The lowest BCUT2D eigenvalue weighted by atomic mass is 10.1. The van der Waals surface area contributed by atoms with Crippen LogP contribution in [0.1, 0.15) is 21.6 Å². The van der Waals surface area contributed by atoms with Crippen LogP contribution < -0.4 is 4.74 Å². The van der Waals surface area contributed by atoms with Gasteiger partial charge in [-0.3, -0.25) is 0 Å². The lowest BCUT2D eigenvalue weighted by Crippen LogP contribution is -2.22. The third kappa shape index (κ3) is 3.89. The van der Waals surface area contributed by atoms with Crippen molar-refractivity contribution in [2.24, 2.45) is 0 Å². The summed E-state index contributed by atoms with van der Waals surface area (Å²) in [6.07, 6.45) is -10.7. The van der Waals surface area contributed by atoms with E-state index in [1.54, 1.807) is 0 Å². The highest BCUT2D eigenvalue weighted by molar-refractivity contribution is 6.17. The normalized spacial score (nSPS) is 12.3. The monoisotopic (exact) mass is 323 g/mol. The van der Waals surface area contributed by atoms with Crippen molar-refractivity contribution < 1.29 is 41.0 Å². The molecule has 0 aliphatic rings. The van der Waals surface area contributed by atoms with Gasteiger partial charge in [0.15, 0.2) is 0 Å². The molecule has 1 N–H and O–H groups in total. The second-order valence-corrected chi connectivity index (χ2v) is 3.59. The van der Waals surface area contributed by atoms with E-state index in [1.807, 2.05) is 0 Å². The zero-order chi connectivity index (χ0) is 15.7. The average Bonchev–Trinajstić information content (AvgIpc) is 2.24. The molecule has 0 saturated carbocycles. The van der Waals surface area contributed by atoms with E-state index in [2.05, 4.69) is 9.72 Å². The Morgan fingerprint density at radius 2 is 1.85 bits per heavy atom. The minimum absolute atomic E-state index is 0.00583. The predicted octanol–water partition coefficient (Wildman–Crippen LogP) is 3.44. The van der Waals surface area contributed by atoms with Crippen LogP contribution in [0.3, 0.4) is 0 Å². The molecule has 1 aromatic rings. The molecule has 0 spiro atoms. The van der Waals surface area contributed by atoms with E-state index in [-0.39, 0.29) is 6.07 Å². The summed E-state index contributed by atoms with van der Waals surface area (Å²) in [6, 6.07) is -0.00583. The number of aromatic carboxylic acids is 1. The number of hydrogen-bond donors (Lipinski definition) is 1. The number of nitrogens with zero attached hydrogens (tertiary/aromatic N) is 1. The average molecular weight is 324 g/mol. The first-order valence-electron chi connectivity index (χ1n) is 4.62. The molecule has 4 nitrogen and oxygen atoms in total. The van der Waals surface area contributed by atoms with Gasteiger partial charge in [0.25, 0.3) is 0 Å². The maximum absolute atomic E-state index is 12.6. The van der Waals surface area contributed by atoms with Gasteiger partial charge in [-0.2, -0.15) is 13.2 Å². The summed E-state index contributed by atoms with van der Waals surface area (Å²) in [7, 11) is 0. The number of carboxylic acid groups (broad SMARTS) is 1. The first kappa shape index (κ1) is 16.3. The smallest absolute Gasteiger partial charge is 0.478 e. The molecule has 112 valence electrons. The fraction of sp³-hybridized carbons (Fsp3) is 0.333. The second-order valence-electron chi connectivity index (χ2n) is 3.32. The van der Waals surface area contributed by atoms with Crippen molar-refractivity contribution >= 4 is 17.6 Å². The molecule has 1 rings (SSSR count). The van der Waals surface area contributed by atoms with Crippen molar-refractivity contribution in [3.05, 3.63) is 22.9 Å². The molecule has 0 atom stereocenters. The predicted molar refractivity (Wildman–Crippen MR) is 52.4 cm³/mol. The van der Waals surface area contributed by atoms with E-state index >= 15 is 0 Å². The maximum Gasteiger partial charge on any atom is 0.574 e. The zero-order valence-corrected chi connectivity index (χ0v) is 9.90. The Kier molecular flexibility index (Phi) is 4.37. The van der Waals surface area contributed by atoms with Gasteiger partial charge in [0.2, 0.25) is 5.88 Å². The Morgan fingerprint density at radius 1 is 1.30 bits per heavy atom. The van der Waals surface area contributed by atoms with Crippen molar-refractivity contribution in [2.45, 2.75) is 18.4 Å². The van der Waals surface area contributed by atoms with Gasteiger partial charge in [0.1, 0.15) is 5.56 Å². The minimum Gasteiger partial charge on any atom is -0.478 e. The number of hydrogen-bond acceptors (Lipinski definition) is 3. The Balaban J connectivity index is 3.52. The van der Waals surface area contributed by atoms with E-state index in [0.717, 1.165) is 0 Å². The molecule has 11 heteroatoms. The number of carboxylic acids is 1. The molecule has 0 radical (unpaired) electrons. The molecule has 1 heterocycles. The summed E-state index contributed by atoms with van der Waals surface area (Å²) in [5.74, 6) is -4.31. The zero-order valence-electron chi connectivity index (χ0n) is 9.14. The molecule has 0 aliphatic carbocycles. The third-order valence-electron chi connectivity index (χ3n) is 1.94. The van der Waals surface area contributed by atoms with Gasteiger partial charge in [-0.15, -0.1) is 24.8 Å². The van der Waals surface area contributed by atoms with Crippen LogP contribution in [0.25, 0.3) is 0 Å². The number of pyridine rings is 1. The Hall–Kier alpha value is -1.71. The number of halogens is 7. The fourth-order valence-electron chi connectivity index (χ4n) is 1.21. The topological polar surface area (TPSA) is 59.4 Å². The van der Waals surface area contributed by atoms with E-state index in [0.29, 0.717) is 0 Å².